The van der Waals surface area contributed by atoms with Gasteiger partial charge in [-0.05, 0) is 61.9 Å². The normalized spacial score (nSPS) is 20.7. The van der Waals surface area contributed by atoms with Crippen LogP contribution >= 0.6 is 11.3 Å². The van der Waals surface area contributed by atoms with Gasteiger partial charge in [-0.1, -0.05) is 6.07 Å². The molecule has 0 saturated heterocycles. The van der Waals surface area contributed by atoms with Gasteiger partial charge in [-0.15, -0.1) is 11.3 Å². The smallest absolute Gasteiger partial charge is 0.383 e. The van der Waals surface area contributed by atoms with E-state index in [9.17, 15) is 36.2 Å². The molecule has 216 valence electrons. The molecule has 1 fully saturated rings. The first-order chi connectivity index (χ1) is 18.6. The van der Waals surface area contributed by atoms with Crippen molar-refractivity contribution in [3.63, 3.8) is 0 Å². The van der Waals surface area contributed by atoms with Gasteiger partial charge in [0.25, 0.3) is 0 Å². The van der Waals surface area contributed by atoms with Gasteiger partial charge in [0.05, 0.1) is 11.3 Å². The lowest BCUT2D eigenvalue weighted by atomic mass is 9.82. The molecule has 15 heteroatoms. The summed E-state index contributed by atoms with van der Waals surface area (Å²) < 4.78 is 76.8. The number of alkyl halides is 6. The number of rotatable bonds is 7. The number of benzene rings is 1. The van der Waals surface area contributed by atoms with Crippen LogP contribution in [0.4, 0.5) is 38.0 Å². The summed E-state index contributed by atoms with van der Waals surface area (Å²) in [6.45, 7) is 1.81. The summed E-state index contributed by atoms with van der Waals surface area (Å²) in [6, 6.07) is 3.43. The van der Waals surface area contributed by atoms with Crippen LogP contribution in [0, 0.1) is 6.92 Å². The van der Waals surface area contributed by atoms with Crippen molar-refractivity contribution in [3.8, 4) is 10.4 Å². The number of hydrogen-bond donors (Lipinski definition) is 4. The lowest BCUT2D eigenvalue weighted by molar-refractivity contribution is -0.155. The van der Waals surface area contributed by atoms with Crippen LogP contribution < -0.4 is 16.4 Å². The number of aryl methyl sites for hydroxylation is 1. The zero-order chi connectivity index (χ0) is 29.3. The van der Waals surface area contributed by atoms with E-state index in [-0.39, 0.29) is 18.8 Å². The highest BCUT2D eigenvalue weighted by atomic mass is 32.1. The highest BCUT2D eigenvalue weighted by molar-refractivity contribution is 7.15. The number of carbonyl (C=O) groups excluding carboxylic acids is 1. The second kappa shape index (κ2) is 11.3. The van der Waals surface area contributed by atoms with Gasteiger partial charge in [0.2, 0.25) is 11.9 Å². The molecule has 1 unspecified atom stereocenters. The molecule has 3 aromatic rings. The number of carbonyl (C=O) groups is 1. The van der Waals surface area contributed by atoms with E-state index >= 15 is 0 Å². The molecule has 0 bridgehead atoms. The maximum atomic E-state index is 13.0. The zero-order valence-corrected chi connectivity index (χ0v) is 21.9. The molecule has 1 atom stereocenters. The maximum absolute atomic E-state index is 13.0. The van der Waals surface area contributed by atoms with Crippen molar-refractivity contribution in [1.29, 1.82) is 0 Å². The molecular formula is C25H26F6N6O2S. The fourth-order valence-corrected chi connectivity index (χ4v) is 5.43. The van der Waals surface area contributed by atoms with E-state index in [0.29, 0.717) is 34.0 Å². The largest absolute Gasteiger partial charge is 0.433 e. The minimum atomic E-state index is -4.66. The first kappa shape index (κ1) is 29.7. The van der Waals surface area contributed by atoms with Crippen LogP contribution in [0.25, 0.3) is 10.4 Å². The predicted octanol–water partition coefficient (Wildman–Crippen LogP) is 5.20. The first-order valence-corrected chi connectivity index (χ1v) is 13.0. The Morgan fingerprint density at radius 2 is 1.88 bits per heavy atom. The van der Waals surface area contributed by atoms with E-state index in [0.717, 1.165) is 17.8 Å². The Balaban J connectivity index is 1.42. The van der Waals surface area contributed by atoms with E-state index in [1.54, 1.807) is 18.3 Å². The van der Waals surface area contributed by atoms with E-state index < -0.39 is 48.1 Å². The molecule has 2 aromatic heterocycles. The number of thiazole rings is 1. The lowest BCUT2D eigenvalue weighted by Gasteiger charge is -2.35. The molecule has 4 rings (SSSR count). The summed E-state index contributed by atoms with van der Waals surface area (Å²) in [5.41, 5.74) is 4.66. The van der Waals surface area contributed by atoms with Gasteiger partial charge in [0, 0.05) is 24.1 Å². The minimum absolute atomic E-state index is 0.213. The molecule has 0 spiro atoms. The predicted molar refractivity (Wildman–Crippen MR) is 136 cm³/mol. The lowest BCUT2D eigenvalue weighted by Crippen LogP contribution is -2.46. The molecule has 1 aliphatic rings. The summed E-state index contributed by atoms with van der Waals surface area (Å²) in [5.74, 6) is -1.01. The molecule has 1 saturated carbocycles. The van der Waals surface area contributed by atoms with Crippen LogP contribution in [0.15, 0.2) is 36.7 Å². The Kier molecular flexibility index (Phi) is 8.38. The summed E-state index contributed by atoms with van der Waals surface area (Å²) in [4.78, 5) is 24.4. The monoisotopic (exact) mass is 588 g/mol. The van der Waals surface area contributed by atoms with Gasteiger partial charge in [-0.2, -0.15) is 26.3 Å². The summed E-state index contributed by atoms with van der Waals surface area (Å²) in [5, 5.41) is 17.0. The molecular weight excluding hydrogens is 562 g/mol. The van der Waals surface area contributed by atoms with Gasteiger partial charge < -0.3 is 21.5 Å². The Labute approximate surface area is 229 Å². The third-order valence-electron chi connectivity index (χ3n) is 6.47. The molecule has 1 amide bonds. The van der Waals surface area contributed by atoms with Crippen LogP contribution in [-0.2, 0) is 16.6 Å². The minimum Gasteiger partial charge on any atom is -0.383 e. The fourth-order valence-electron chi connectivity index (χ4n) is 4.38. The number of nitrogens with one attached hydrogen (secondary N) is 2. The second-order valence-electron chi connectivity index (χ2n) is 9.73. The number of aliphatic hydroxyl groups is 1. The van der Waals surface area contributed by atoms with E-state index in [4.69, 9.17) is 5.73 Å². The van der Waals surface area contributed by atoms with Gasteiger partial charge in [0.1, 0.15) is 22.3 Å². The third-order valence-corrected chi connectivity index (χ3v) is 7.71. The van der Waals surface area contributed by atoms with Gasteiger partial charge >= 0.3 is 12.4 Å². The highest BCUT2D eigenvalue weighted by Crippen LogP contribution is 2.41. The van der Waals surface area contributed by atoms with Crippen molar-refractivity contribution in [1.82, 2.24) is 20.3 Å². The molecule has 1 aliphatic carbocycles. The Hall–Kier alpha value is -3.30. The number of nitrogens with two attached hydrogens (primary N) is 1. The number of amides is 1. The quantitative estimate of drug-likeness (QED) is 0.280. The van der Waals surface area contributed by atoms with Crippen molar-refractivity contribution in [2.24, 2.45) is 5.73 Å². The van der Waals surface area contributed by atoms with Gasteiger partial charge in [-0.3, -0.25) is 4.79 Å². The third kappa shape index (κ3) is 7.26. The SMILES string of the molecule is Cc1cc(Nc2nccc(C(F)(F)F)n2)cc(-c2cnc(C3(O)CCC(NC(=O)CC(N)C(F)(F)F)CC3)s2)c1. The molecule has 2 heterocycles. The van der Waals surface area contributed by atoms with E-state index in [1.165, 1.54) is 11.3 Å². The molecule has 40 heavy (non-hydrogen) atoms. The summed E-state index contributed by atoms with van der Waals surface area (Å²) >= 11 is 1.25. The molecule has 5 N–H and O–H groups in total. The van der Waals surface area contributed by atoms with Crippen LogP contribution in [0.1, 0.15) is 48.4 Å². The Bertz CT molecular complexity index is 1350. The second-order valence-corrected chi connectivity index (χ2v) is 10.8. The topological polar surface area (TPSA) is 126 Å². The molecule has 0 radical (unpaired) electrons. The van der Waals surface area contributed by atoms with Crippen molar-refractivity contribution in [2.75, 3.05) is 5.32 Å². The molecule has 8 nitrogen and oxygen atoms in total. The average molecular weight is 589 g/mol. The zero-order valence-electron chi connectivity index (χ0n) is 21.1. The molecule has 0 aliphatic heterocycles. The fraction of sp³-hybridized carbons (Fsp3) is 0.440. The Morgan fingerprint density at radius 3 is 2.52 bits per heavy atom. The standard InChI is InChI=1S/C25H26F6N6O2S/c1-13-8-14(10-16(9-13)36-22-33-7-4-19(37-22)25(29,30)31)17-12-34-21(40-17)23(39)5-2-15(3-6-23)35-20(38)11-18(32)24(26,27)28/h4,7-10,12,15,18,39H,2-3,5-6,11,32H2,1H3,(H,35,38)(H,33,36,37). The Morgan fingerprint density at radius 1 is 1.18 bits per heavy atom. The molecule has 1 aromatic carbocycles. The number of hydrogen-bond acceptors (Lipinski definition) is 8. The van der Waals surface area contributed by atoms with Crippen molar-refractivity contribution in [2.45, 2.75) is 69.1 Å². The van der Waals surface area contributed by atoms with E-state index in [1.807, 2.05) is 13.0 Å². The summed E-state index contributed by atoms with van der Waals surface area (Å²) in [7, 11) is 0. The van der Waals surface area contributed by atoms with Gasteiger partial charge in [0.15, 0.2) is 0 Å². The average Bonchev–Trinajstić information content (AvgIpc) is 3.36. The number of halogens is 6. The van der Waals surface area contributed by atoms with Crippen LogP contribution in [0.3, 0.4) is 0 Å². The van der Waals surface area contributed by atoms with Crippen molar-refractivity contribution in [3.05, 3.63) is 52.9 Å². The number of anilines is 2. The van der Waals surface area contributed by atoms with Crippen molar-refractivity contribution >= 4 is 28.9 Å². The first-order valence-electron chi connectivity index (χ1n) is 12.2. The van der Waals surface area contributed by atoms with E-state index in [2.05, 4.69) is 25.6 Å². The number of aromatic nitrogens is 3. The van der Waals surface area contributed by atoms with Gasteiger partial charge in [-0.25, -0.2) is 15.0 Å². The van der Waals surface area contributed by atoms with Crippen molar-refractivity contribution < 1.29 is 36.2 Å². The van der Waals surface area contributed by atoms with Crippen LogP contribution in [0.5, 0.6) is 0 Å². The summed E-state index contributed by atoms with van der Waals surface area (Å²) in [6.07, 6.45) is -6.37. The van der Waals surface area contributed by atoms with Crippen LogP contribution in [-0.4, -0.2) is 44.2 Å². The number of nitrogens with zero attached hydrogens (tertiary/aromatic N) is 3. The van der Waals surface area contributed by atoms with Crippen LogP contribution in [0.2, 0.25) is 0 Å². The highest BCUT2D eigenvalue weighted by Gasteiger charge is 2.40. The maximum Gasteiger partial charge on any atom is 0.433 e.